The summed E-state index contributed by atoms with van der Waals surface area (Å²) in [5, 5.41) is 9.54. The van der Waals surface area contributed by atoms with Crippen molar-refractivity contribution >= 4 is 0 Å². The number of nitrogens with zero attached hydrogens (tertiary/aromatic N) is 1. The number of likely N-dealkylation sites (tertiary alicyclic amines) is 1. The van der Waals surface area contributed by atoms with Crippen LogP contribution in [-0.2, 0) is 0 Å². The molecule has 1 atom stereocenters. The third-order valence-corrected chi connectivity index (χ3v) is 3.87. The first-order chi connectivity index (χ1) is 6.24. The molecule has 2 rings (SSSR count). The zero-order valence-electron chi connectivity index (χ0n) is 8.63. The van der Waals surface area contributed by atoms with E-state index in [1.165, 1.54) is 38.8 Å². The summed E-state index contributed by atoms with van der Waals surface area (Å²) in [5.41, 5.74) is 0.688. The van der Waals surface area contributed by atoms with Gasteiger partial charge in [0.1, 0.15) is 0 Å². The molecule has 1 aliphatic carbocycles. The van der Waals surface area contributed by atoms with E-state index < -0.39 is 0 Å². The first kappa shape index (κ1) is 9.47. The minimum atomic E-state index is -0.102. The van der Waals surface area contributed by atoms with Crippen LogP contribution in [-0.4, -0.2) is 35.7 Å². The van der Waals surface area contributed by atoms with E-state index in [1.807, 2.05) is 0 Å². The molecule has 2 nitrogen and oxygen atoms in total. The van der Waals surface area contributed by atoms with Crippen molar-refractivity contribution < 1.29 is 5.11 Å². The van der Waals surface area contributed by atoms with Gasteiger partial charge in [0.2, 0.25) is 0 Å². The van der Waals surface area contributed by atoms with Gasteiger partial charge in [-0.1, -0.05) is 13.3 Å². The molecule has 0 unspecified atom stereocenters. The summed E-state index contributed by atoms with van der Waals surface area (Å²) in [7, 11) is 0. The molecule has 1 heterocycles. The maximum absolute atomic E-state index is 9.54. The molecular weight excluding hydrogens is 162 g/mol. The van der Waals surface area contributed by atoms with E-state index >= 15 is 0 Å². The second-order valence-corrected chi connectivity index (χ2v) is 4.90. The van der Waals surface area contributed by atoms with Crippen LogP contribution >= 0.6 is 0 Å². The Kier molecular flexibility index (Phi) is 2.61. The molecule has 2 fully saturated rings. The molecule has 0 bridgehead atoms. The fourth-order valence-corrected chi connectivity index (χ4v) is 2.70. The molecule has 1 saturated heterocycles. The van der Waals surface area contributed by atoms with Crippen molar-refractivity contribution in [2.75, 3.05) is 19.6 Å². The molecule has 0 aromatic heterocycles. The van der Waals surface area contributed by atoms with Crippen LogP contribution in [0.5, 0.6) is 0 Å². The third-order valence-electron chi connectivity index (χ3n) is 3.87. The number of aliphatic hydroxyl groups is 1. The van der Waals surface area contributed by atoms with Gasteiger partial charge in [-0.25, -0.2) is 0 Å². The summed E-state index contributed by atoms with van der Waals surface area (Å²) in [5.74, 6) is 0. The normalized spacial score (nSPS) is 29.1. The molecule has 13 heavy (non-hydrogen) atoms. The van der Waals surface area contributed by atoms with Gasteiger partial charge in [-0.2, -0.15) is 0 Å². The lowest BCUT2D eigenvalue weighted by Gasteiger charge is -2.38. The standard InChI is InChI=1S/C11H21NO/c1-2-10(13)8-12-7-6-11(9-12)4-3-5-11/h10,13H,2-9H2,1H3/t10-/m1/s1. The van der Waals surface area contributed by atoms with Gasteiger partial charge in [-0.3, -0.25) is 0 Å². The van der Waals surface area contributed by atoms with Gasteiger partial charge in [0, 0.05) is 13.1 Å². The zero-order chi connectivity index (χ0) is 9.31. The molecule has 1 spiro atoms. The number of hydrogen-bond donors (Lipinski definition) is 1. The third kappa shape index (κ3) is 1.89. The topological polar surface area (TPSA) is 23.5 Å². The van der Waals surface area contributed by atoms with Crippen molar-refractivity contribution in [3.05, 3.63) is 0 Å². The summed E-state index contributed by atoms with van der Waals surface area (Å²) in [6.45, 7) is 5.43. The minimum absolute atomic E-state index is 0.102. The van der Waals surface area contributed by atoms with Crippen LogP contribution in [0.3, 0.4) is 0 Å². The highest BCUT2D eigenvalue weighted by Gasteiger charge is 2.42. The van der Waals surface area contributed by atoms with Crippen molar-refractivity contribution in [1.29, 1.82) is 0 Å². The minimum Gasteiger partial charge on any atom is -0.392 e. The molecular formula is C11H21NO. The van der Waals surface area contributed by atoms with Crippen molar-refractivity contribution in [1.82, 2.24) is 4.90 Å². The Morgan fingerprint density at radius 3 is 2.62 bits per heavy atom. The van der Waals surface area contributed by atoms with E-state index in [4.69, 9.17) is 0 Å². The highest BCUT2D eigenvalue weighted by atomic mass is 16.3. The smallest absolute Gasteiger partial charge is 0.0664 e. The highest BCUT2D eigenvalue weighted by Crippen LogP contribution is 2.47. The van der Waals surface area contributed by atoms with E-state index in [-0.39, 0.29) is 6.10 Å². The van der Waals surface area contributed by atoms with E-state index in [0.29, 0.717) is 5.41 Å². The zero-order valence-corrected chi connectivity index (χ0v) is 8.63. The van der Waals surface area contributed by atoms with Gasteiger partial charge in [0.15, 0.2) is 0 Å². The van der Waals surface area contributed by atoms with E-state index in [1.54, 1.807) is 0 Å². The number of rotatable bonds is 3. The quantitative estimate of drug-likeness (QED) is 0.719. The van der Waals surface area contributed by atoms with Crippen molar-refractivity contribution in [2.24, 2.45) is 5.41 Å². The predicted molar refractivity (Wildman–Crippen MR) is 53.6 cm³/mol. The second-order valence-electron chi connectivity index (χ2n) is 4.90. The van der Waals surface area contributed by atoms with Gasteiger partial charge in [-0.15, -0.1) is 0 Å². The SMILES string of the molecule is CC[C@@H](O)CN1CCC2(CCC2)C1. The highest BCUT2D eigenvalue weighted by molar-refractivity contribution is 4.95. The summed E-state index contributed by atoms with van der Waals surface area (Å²) >= 11 is 0. The van der Waals surface area contributed by atoms with E-state index in [9.17, 15) is 5.11 Å². The molecule has 1 N–H and O–H groups in total. The summed E-state index contributed by atoms with van der Waals surface area (Å²) in [4.78, 5) is 2.45. The van der Waals surface area contributed by atoms with E-state index in [0.717, 1.165) is 13.0 Å². The van der Waals surface area contributed by atoms with Crippen LogP contribution in [0, 0.1) is 5.41 Å². The number of aliphatic hydroxyl groups excluding tert-OH is 1. The number of hydrogen-bond acceptors (Lipinski definition) is 2. The molecule has 1 aliphatic heterocycles. The number of β-amino-alcohol motifs (C(OH)–C–C–N with tert-alkyl or cyclic N) is 1. The van der Waals surface area contributed by atoms with Crippen LogP contribution in [0.15, 0.2) is 0 Å². The maximum atomic E-state index is 9.54. The van der Waals surface area contributed by atoms with Crippen molar-refractivity contribution in [3.8, 4) is 0 Å². The molecule has 0 aromatic carbocycles. The van der Waals surface area contributed by atoms with Gasteiger partial charge in [-0.05, 0) is 37.6 Å². The molecule has 1 saturated carbocycles. The van der Waals surface area contributed by atoms with Gasteiger partial charge in [0.25, 0.3) is 0 Å². The average molecular weight is 183 g/mol. The Hall–Kier alpha value is -0.0800. The lowest BCUT2D eigenvalue weighted by molar-refractivity contribution is 0.0959. The van der Waals surface area contributed by atoms with Crippen LogP contribution in [0.4, 0.5) is 0 Å². The summed E-state index contributed by atoms with van der Waals surface area (Å²) in [6.07, 6.45) is 6.48. The fraction of sp³-hybridized carbons (Fsp3) is 1.00. The van der Waals surface area contributed by atoms with Crippen molar-refractivity contribution in [3.63, 3.8) is 0 Å². The monoisotopic (exact) mass is 183 g/mol. The van der Waals surface area contributed by atoms with Gasteiger partial charge < -0.3 is 10.0 Å². The summed E-state index contributed by atoms with van der Waals surface area (Å²) in [6, 6.07) is 0. The summed E-state index contributed by atoms with van der Waals surface area (Å²) < 4.78 is 0. The Morgan fingerprint density at radius 1 is 1.38 bits per heavy atom. The molecule has 76 valence electrons. The first-order valence-corrected chi connectivity index (χ1v) is 5.64. The van der Waals surface area contributed by atoms with Crippen LogP contribution in [0.25, 0.3) is 0 Å². The van der Waals surface area contributed by atoms with Gasteiger partial charge in [0.05, 0.1) is 6.10 Å². The molecule has 0 radical (unpaired) electrons. The van der Waals surface area contributed by atoms with Crippen LogP contribution < -0.4 is 0 Å². The van der Waals surface area contributed by atoms with Crippen LogP contribution in [0.2, 0.25) is 0 Å². The largest absolute Gasteiger partial charge is 0.392 e. The predicted octanol–water partition coefficient (Wildman–Crippen LogP) is 1.63. The van der Waals surface area contributed by atoms with Crippen molar-refractivity contribution in [2.45, 2.75) is 45.1 Å². The Balaban J connectivity index is 1.78. The first-order valence-electron chi connectivity index (χ1n) is 5.64. The lowest BCUT2D eigenvalue weighted by Crippen LogP contribution is -2.36. The fourth-order valence-electron chi connectivity index (χ4n) is 2.70. The lowest BCUT2D eigenvalue weighted by atomic mass is 9.68. The second kappa shape index (κ2) is 3.58. The Bertz CT molecular complexity index is 177. The molecule has 0 aromatic rings. The maximum Gasteiger partial charge on any atom is 0.0664 e. The van der Waals surface area contributed by atoms with E-state index in [2.05, 4.69) is 11.8 Å². The average Bonchev–Trinajstić information content (AvgIpc) is 2.48. The molecule has 2 heteroatoms. The van der Waals surface area contributed by atoms with Gasteiger partial charge >= 0.3 is 0 Å². The Labute approximate surface area is 80.9 Å². The molecule has 0 amide bonds. The molecule has 2 aliphatic rings. The Morgan fingerprint density at radius 2 is 2.15 bits per heavy atom. The van der Waals surface area contributed by atoms with Crippen LogP contribution in [0.1, 0.15) is 39.0 Å².